The number of hydrogen-bond acceptors (Lipinski definition) is 5. The van der Waals surface area contributed by atoms with E-state index < -0.39 is 0 Å². The standard InChI is InChI=1S/C11H17N5O/c12-10(13)9-11(15-4-3-14-9)16-5-1-8(7-16)2-6-17/h3-4,8,17H,1-2,5-7H2,(H3,12,13). The van der Waals surface area contributed by atoms with Gasteiger partial charge in [0.05, 0.1) is 0 Å². The lowest BCUT2D eigenvalue weighted by Crippen LogP contribution is -2.26. The summed E-state index contributed by atoms with van der Waals surface area (Å²) in [7, 11) is 0. The normalized spacial score (nSPS) is 19.6. The van der Waals surface area contributed by atoms with Gasteiger partial charge in [-0.1, -0.05) is 0 Å². The molecule has 1 atom stereocenters. The zero-order valence-corrected chi connectivity index (χ0v) is 9.63. The van der Waals surface area contributed by atoms with Gasteiger partial charge in [0.2, 0.25) is 0 Å². The van der Waals surface area contributed by atoms with Crippen molar-refractivity contribution in [2.75, 3.05) is 24.6 Å². The van der Waals surface area contributed by atoms with Gasteiger partial charge in [0.1, 0.15) is 11.5 Å². The Morgan fingerprint density at radius 2 is 2.29 bits per heavy atom. The topological polar surface area (TPSA) is 99.1 Å². The van der Waals surface area contributed by atoms with E-state index in [9.17, 15) is 0 Å². The van der Waals surface area contributed by atoms with Crippen LogP contribution in [0.2, 0.25) is 0 Å². The van der Waals surface area contributed by atoms with Crippen LogP contribution in [0, 0.1) is 11.3 Å². The van der Waals surface area contributed by atoms with E-state index in [1.54, 1.807) is 12.4 Å². The summed E-state index contributed by atoms with van der Waals surface area (Å²) in [4.78, 5) is 10.4. The van der Waals surface area contributed by atoms with Crippen LogP contribution >= 0.6 is 0 Å². The van der Waals surface area contributed by atoms with Crippen LogP contribution in [-0.4, -0.2) is 40.6 Å². The Morgan fingerprint density at radius 3 is 3.00 bits per heavy atom. The molecular weight excluding hydrogens is 218 g/mol. The molecule has 0 aromatic carbocycles. The highest BCUT2D eigenvalue weighted by Crippen LogP contribution is 2.25. The van der Waals surface area contributed by atoms with E-state index in [2.05, 4.69) is 14.9 Å². The largest absolute Gasteiger partial charge is 0.396 e. The Kier molecular flexibility index (Phi) is 3.53. The molecule has 0 aliphatic carbocycles. The van der Waals surface area contributed by atoms with Gasteiger partial charge < -0.3 is 15.7 Å². The van der Waals surface area contributed by atoms with Crippen LogP contribution in [-0.2, 0) is 0 Å². The average Bonchev–Trinajstić information content (AvgIpc) is 2.78. The molecule has 17 heavy (non-hydrogen) atoms. The van der Waals surface area contributed by atoms with E-state index >= 15 is 0 Å². The van der Waals surface area contributed by atoms with Gasteiger partial charge in [-0.05, 0) is 18.8 Å². The predicted molar refractivity (Wildman–Crippen MR) is 65.1 cm³/mol. The zero-order chi connectivity index (χ0) is 12.3. The second kappa shape index (κ2) is 5.09. The minimum atomic E-state index is -0.0568. The second-order valence-electron chi connectivity index (χ2n) is 4.26. The fraction of sp³-hybridized carbons (Fsp3) is 0.545. The van der Waals surface area contributed by atoms with Crippen molar-refractivity contribution in [3.63, 3.8) is 0 Å². The van der Waals surface area contributed by atoms with Crippen LogP contribution in [0.25, 0.3) is 0 Å². The molecule has 1 aromatic heterocycles. The van der Waals surface area contributed by atoms with Crippen molar-refractivity contribution in [1.82, 2.24) is 9.97 Å². The number of aliphatic hydroxyl groups excluding tert-OH is 1. The molecule has 1 aromatic rings. The number of nitrogens with one attached hydrogen (secondary N) is 1. The van der Waals surface area contributed by atoms with Crippen molar-refractivity contribution in [3.8, 4) is 0 Å². The molecule has 0 spiro atoms. The number of nitrogens with zero attached hydrogens (tertiary/aromatic N) is 3. The molecule has 2 heterocycles. The van der Waals surface area contributed by atoms with Crippen molar-refractivity contribution in [2.45, 2.75) is 12.8 Å². The maximum Gasteiger partial charge on any atom is 0.158 e. The van der Waals surface area contributed by atoms with Gasteiger partial charge in [0, 0.05) is 32.1 Å². The molecule has 0 bridgehead atoms. The van der Waals surface area contributed by atoms with Crippen LogP contribution < -0.4 is 10.6 Å². The third-order valence-corrected chi connectivity index (χ3v) is 3.06. The smallest absolute Gasteiger partial charge is 0.158 e. The predicted octanol–water partition coefficient (Wildman–Crippen LogP) is -0.0306. The number of aromatic nitrogens is 2. The van der Waals surface area contributed by atoms with E-state index in [1.165, 1.54) is 0 Å². The number of nitrogens with two attached hydrogens (primary N) is 1. The Labute approximate surface area is 100.0 Å². The summed E-state index contributed by atoms with van der Waals surface area (Å²) in [5, 5.41) is 16.4. The first-order valence-corrected chi connectivity index (χ1v) is 5.73. The molecule has 1 saturated heterocycles. The molecular formula is C11H17N5O. The Balaban J connectivity index is 2.16. The van der Waals surface area contributed by atoms with Crippen molar-refractivity contribution >= 4 is 11.7 Å². The number of nitrogen functional groups attached to an aromatic ring is 1. The molecule has 6 heteroatoms. The lowest BCUT2D eigenvalue weighted by Gasteiger charge is -2.19. The maximum absolute atomic E-state index is 8.93. The van der Waals surface area contributed by atoms with Crippen LogP contribution in [0.15, 0.2) is 12.4 Å². The second-order valence-corrected chi connectivity index (χ2v) is 4.26. The molecule has 0 amide bonds. The van der Waals surface area contributed by atoms with Crippen molar-refractivity contribution in [2.24, 2.45) is 11.7 Å². The molecule has 1 unspecified atom stereocenters. The van der Waals surface area contributed by atoms with Crippen molar-refractivity contribution in [1.29, 1.82) is 5.41 Å². The average molecular weight is 235 g/mol. The number of hydrogen-bond donors (Lipinski definition) is 3. The fourth-order valence-electron chi connectivity index (χ4n) is 2.20. The first-order chi connectivity index (χ1) is 8.22. The summed E-state index contributed by atoms with van der Waals surface area (Å²) in [6.45, 7) is 1.95. The summed E-state index contributed by atoms with van der Waals surface area (Å²) in [6, 6.07) is 0. The first-order valence-electron chi connectivity index (χ1n) is 5.73. The number of amidine groups is 1. The Hall–Kier alpha value is -1.69. The fourth-order valence-corrected chi connectivity index (χ4v) is 2.20. The van der Waals surface area contributed by atoms with Gasteiger partial charge in [-0.15, -0.1) is 0 Å². The number of anilines is 1. The van der Waals surface area contributed by atoms with Gasteiger partial charge in [0.25, 0.3) is 0 Å². The zero-order valence-electron chi connectivity index (χ0n) is 9.63. The molecule has 4 N–H and O–H groups in total. The monoisotopic (exact) mass is 235 g/mol. The summed E-state index contributed by atoms with van der Waals surface area (Å²) in [6.07, 6.45) is 5.00. The summed E-state index contributed by atoms with van der Waals surface area (Å²) >= 11 is 0. The maximum atomic E-state index is 8.93. The van der Waals surface area contributed by atoms with E-state index in [0.717, 1.165) is 25.9 Å². The van der Waals surface area contributed by atoms with E-state index in [4.69, 9.17) is 16.2 Å². The Morgan fingerprint density at radius 1 is 1.53 bits per heavy atom. The summed E-state index contributed by atoms with van der Waals surface area (Å²) < 4.78 is 0. The lowest BCUT2D eigenvalue weighted by atomic mass is 10.1. The van der Waals surface area contributed by atoms with E-state index in [1.807, 2.05) is 0 Å². The molecule has 92 valence electrons. The lowest BCUT2D eigenvalue weighted by molar-refractivity contribution is 0.263. The van der Waals surface area contributed by atoms with Gasteiger partial charge in [-0.2, -0.15) is 0 Å². The highest BCUT2D eigenvalue weighted by Gasteiger charge is 2.25. The molecule has 0 saturated carbocycles. The van der Waals surface area contributed by atoms with Gasteiger partial charge >= 0.3 is 0 Å². The summed E-state index contributed by atoms with van der Waals surface area (Å²) in [5.74, 6) is 1.11. The van der Waals surface area contributed by atoms with Crippen molar-refractivity contribution in [3.05, 3.63) is 18.1 Å². The van der Waals surface area contributed by atoms with Crippen LogP contribution in [0.3, 0.4) is 0 Å². The number of aliphatic hydroxyl groups is 1. The van der Waals surface area contributed by atoms with E-state index in [0.29, 0.717) is 17.4 Å². The molecule has 6 nitrogen and oxygen atoms in total. The van der Waals surface area contributed by atoms with Gasteiger partial charge in [-0.25, -0.2) is 9.97 Å². The quantitative estimate of drug-likeness (QED) is 0.502. The third kappa shape index (κ3) is 2.52. The number of rotatable bonds is 4. The van der Waals surface area contributed by atoms with Crippen LogP contribution in [0.4, 0.5) is 5.82 Å². The SMILES string of the molecule is N=C(N)c1nccnc1N1CCC(CCO)C1. The van der Waals surface area contributed by atoms with Gasteiger partial charge in [-0.3, -0.25) is 5.41 Å². The minimum absolute atomic E-state index is 0.0568. The highest BCUT2D eigenvalue weighted by molar-refractivity contribution is 5.97. The van der Waals surface area contributed by atoms with Gasteiger partial charge in [0.15, 0.2) is 5.82 Å². The van der Waals surface area contributed by atoms with Crippen LogP contribution in [0.1, 0.15) is 18.5 Å². The van der Waals surface area contributed by atoms with E-state index in [-0.39, 0.29) is 12.4 Å². The molecule has 1 aliphatic rings. The van der Waals surface area contributed by atoms with Crippen molar-refractivity contribution < 1.29 is 5.11 Å². The molecule has 0 radical (unpaired) electrons. The minimum Gasteiger partial charge on any atom is -0.396 e. The van der Waals surface area contributed by atoms with Crippen LogP contribution in [0.5, 0.6) is 0 Å². The molecule has 1 fully saturated rings. The molecule has 1 aliphatic heterocycles. The third-order valence-electron chi connectivity index (χ3n) is 3.06. The molecule has 2 rings (SSSR count). The summed E-state index contributed by atoms with van der Waals surface area (Å²) in [5.41, 5.74) is 5.93. The highest BCUT2D eigenvalue weighted by atomic mass is 16.3. The first kappa shape index (κ1) is 11.8. The Bertz CT molecular complexity index is 409.